The molecule has 0 aromatic heterocycles. The van der Waals surface area contributed by atoms with Crippen molar-refractivity contribution in [2.45, 2.75) is 116 Å². The maximum atomic E-state index is 9.87. The van der Waals surface area contributed by atoms with Crippen molar-refractivity contribution in [3.63, 3.8) is 0 Å². The minimum atomic E-state index is -0.0858. The fourth-order valence-electron chi connectivity index (χ4n) is 5.90. The number of hydrogen-bond acceptors (Lipinski definition) is 1. The van der Waals surface area contributed by atoms with Gasteiger partial charge in [-0.15, -0.1) is 0 Å². The summed E-state index contributed by atoms with van der Waals surface area (Å²) >= 11 is 0. The normalized spacial score (nSPS) is 35.8. The van der Waals surface area contributed by atoms with E-state index in [1.165, 1.54) is 89.0 Å². The second-order valence-corrected chi connectivity index (χ2v) is 10.2. The van der Waals surface area contributed by atoms with Gasteiger partial charge in [0.05, 0.1) is 6.10 Å². The van der Waals surface area contributed by atoms with Gasteiger partial charge in [0.25, 0.3) is 0 Å². The summed E-state index contributed by atoms with van der Waals surface area (Å²) in [5, 5.41) is 9.87. The van der Waals surface area contributed by atoms with Gasteiger partial charge >= 0.3 is 0 Å². The van der Waals surface area contributed by atoms with Gasteiger partial charge in [-0.2, -0.15) is 0 Å². The lowest BCUT2D eigenvalue weighted by atomic mass is 9.70. The summed E-state index contributed by atoms with van der Waals surface area (Å²) in [7, 11) is 0. The molecule has 1 heteroatoms. The highest BCUT2D eigenvalue weighted by molar-refractivity contribution is 5.22. The average Bonchev–Trinajstić information content (AvgIpc) is 2.99. The van der Waals surface area contributed by atoms with E-state index >= 15 is 0 Å². The van der Waals surface area contributed by atoms with Crippen molar-refractivity contribution in [3.05, 3.63) is 23.3 Å². The molecule has 1 N–H and O–H groups in total. The van der Waals surface area contributed by atoms with Gasteiger partial charge in [-0.05, 0) is 87.9 Å². The second-order valence-electron chi connectivity index (χ2n) is 10.2. The fourth-order valence-corrected chi connectivity index (χ4v) is 5.90. The van der Waals surface area contributed by atoms with E-state index in [1.54, 1.807) is 5.57 Å². The summed E-state index contributed by atoms with van der Waals surface area (Å²) in [5.41, 5.74) is 3.83. The first-order valence-electron chi connectivity index (χ1n) is 11.6. The standard InChI is InChI=1S/C25H42O/c1-20(2)7-3-4-8-23-14-16-25(19-23)15-6-10-22(18-25)13-12-21-9-5-11-24(26)17-21/h12-13,20,23-24,26H,3-11,14-19H2,1-2H3/b21-12-,22-13+/t23-,24-,25+/m0/s1. The molecule has 3 saturated carbocycles. The molecule has 3 rings (SSSR count). The van der Waals surface area contributed by atoms with Crippen LogP contribution >= 0.6 is 0 Å². The maximum absolute atomic E-state index is 9.87. The first-order chi connectivity index (χ1) is 12.5. The Bertz CT molecular complexity index is 500. The molecule has 1 nitrogen and oxygen atoms in total. The van der Waals surface area contributed by atoms with E-state index in [2.05, 4.69) is 26.0 Å². The molecule has 3 atom stereocenters. The van der Waals surface area contributed by atoms with Crippen LogP contribution in [-0.2, 0) is 0 Å². The molecule has 0 unspecified atom stereocenters. The Morgan fingerprint density at radius 2 is 1.85 bits per heavy atom. The highest BCUT2D eigenvalue weighted by atomic mass is 16.3. The van der Waals surface area contributed by atoms with Gasteiger partial charge in [0.2, 0.25) is 0 Å². The molecule has 3 fully saturated rings. The van der Waals surface area contributed by atoms with Gasteiger partial charge in [-0.1, -0.05) is 62.8 Å². The summed E-state index contributed by atoms with van der Waals surface area (Å²) < 4.78 is 0. The Kier molecular flexibility index (Phi) is 7.44. The van der Waals surface area contributed by atoms with Crippen LogP contribution in [0.3, 0.4) is 0 Å². The first-order valence-corrected chi connectivity index (χ1v) is 11.6. The molecule has 1 spiro atoms. The third-order valence-electron chi connectivity index (χ3n) is 7.34. The van der Waals surface area contributed by atoms with Gasteiger partial charge in [0.15, 0.2) is 0 Å². The molecule has 0 amide bonds. The van der Waals surface area contributed by atoms with Crippen LogP contribution in [0.4, 0.5) is 0 Å². The summed E-state index contributed by atoms with van der Waals surface area (Å²) in [6, 6.07) is 0. The average molecular weight is 359 g/mol. The number of aliphatic hydroxyl groups is 1. The summed E-state index contributed by atoms with van der Waals surface area (Å²) in [4.78, 5) is 0. The number of rotatable bonds is 6. The second kappa shape index (κ2) is 9.58. The van der Waals surface area contributed by atoms with Gasteiger partial charge < -0.3 is 5.11 Å². The van der Waals surface area contributed by atoms with Crippen molar-refractivity contribution in [3.8, 4) is 0 Å². The van der Waals surface area contributed by atoms with Crippen LogP contribution in [0.2, 0.25) is 0 Å². The molecule has 0 saturated heterocycles. The molecule has 0 radical (unpaired) electrons. The zero-order chi connectivity index (χ0) is 18.4. The quantitative estimate of drug-likeness (QED) is 0.492. The molecule has 3 aliphatic rings. The maximum Gasteiger partial charge on any atom is 0.0577 e. The van der Waals surface area contributed by atoms with E-state index < -0.39 is 0 Å². The van der Waals surface area contributed by atoms with Gasteiger partial charge in [0, 0.05) is 0 Å². The van der Waals surface area contributed by atoms with Gasteiger partial charge in [0.1, 0.15) is 0 Å². The predicted molar refractivity (Wildman–Crippen MR) is 112 cm³/mol. The number of allylic oxidation sites excluding steroid dienone is 3. The first kappa shape index (κ1) is 20.2. The van der Waals surface area contributed by atoms with Crippen molar-refractivity contribution >= 4 is 0 Å². The van der Waals surface area contributed by atoms with Crippen LogP contribution in [0.15, 0.2) is 23.3 Å². The topological polar surface area (TPSA) is 20.2 Å². The van der Waals surface area contributed by atoms with Crippen LogP contribution in [0.25, 0.3) is 0 Å². The zero-order valence-corrected chi connectivity index (χ0v) is 17.4. The molecule has 3 aliphatic carbocycles. The van der Waals surface area contributed by atoms with Crippen LogP contribution in [0.1, 0.15) is 110 Å². The number of hydrogen-bond donors (Lipinski definition) is 1. The molecular formula is C25H42O. The monoisotopic (exact) mass is 358 g/mol. The van der Waals surface area contributed by atoms with Crippen molar-refractivity contribution in [2.24, 2.45) is 17.3 Å². The Balaban J connectivity index is 1.48. The van der Waals surface area contributed by atoms with E-state index in [-0.39, 0.29) is 6.10 Å². The molecule has 26 heavy (non-hydrogen) atoms. The Morgan fingerprint density at radius 3 is 2.65 bits per heavy atom. The molecule has 0 bridgehead atoms. The predicted octanol–water partition coefficient (Wildman–Crippen LogP) is 7.35. The zero-order valence-electron chi connectivity index (χ0n) is 17.4. The minimum Gasteiger partial charge on any atom is -0.393 e. The summed E-state index contributed by atoms with van der Waals surface area (Å²) in [6.45, 7) is 4.70. The molecule has 0 aromatic carbocycles. The van der Waals surface area contributed by atoms with E-state index in [0.717, 1.165) is 24.7 Å². The van der Waals surface area contributed by atoms with E-state index in [4.69, 9.17) is 0 Å². The lowest BCUT2D eigenvalue weighted by molar-refractivity contribution is 0.149. The summed E-state index contributed by atoms with van der Waals surface area (Å²) in [5.74, 6) is 1.88. The molecular weight excluding hydrogens is 316 g/mol. The van der Waals surface area contributed by atoms with E-state index in [9.17, 15) is 5.11 Å². The van der Waals surface area contributed by atoms with Crippen LogP contribution in [0, 0.1) is 17.3 Å². The Labute approximate surface area is 162 Å². The van der Waals surface area contributed by atoms with Crippen LogP contribution < -0.4 is 0 Å². The molecule has 148 valence electrons. The van der Waals surface area contributed by atoms with Crippen LogP contribution in [0.5, 0.6) is 0 Å². The Morgan fingerprint density at radius 1 is 1.04 bits per heavy atom. The lowest BCUT2D eigenvalue weighted by Gasteiger charge is -2.35. The highest BCUT2D eigenvalue weighted by Crippen LogP contribution is 2.53. The van der Waals surface area contributed by atoms with Gasteiger partial charge in [-0.25, -0.2) is 0 Å². The van der Waals surface area contributed by atoms with Crippen LogP contribution in [-0.4, -0.2) is 11.2 Å². The highest BCUT2D eigenvalue weighted by Gasteiger charge is 2.40. The minimum absolute atomic E-state index is 0.0858. The van der Waals surface area contributed by atoms with Crippen molar-refractivity contribution in [1.29, 1.82) is 0 Å². The lowest BCUT2D eigenvalue weighted by Crippen LogP contribution is -2.22. The molecule has 0 aromatic rings. The third kappa shape index (κ3) is 5.98. The smallest absolute Gasteiger partial charge is 0.0577 e. The van der Waals surface area contributed by atoms with Crippen molar-refractivity contribution < 1.29 is 5.11 Å². The number of aliphatic hydroxyl groups excluding tert-OH is 1. The summed E-state index contributed by atoms with van der Waals surface area (Å²) in [6.07, 6.45) is 24.8. The largest absolute Gasteiger partial charge is 0.393 e. The van der Waals surface area contributed by atoms with Crippen molar-refractivity contribution in [2.75, 3.05) is 0 Å². The van der Waals surface area contributed by atoms with E-state index in [0.29, 0.717) is 5.41 Å². The van der Waals surface area contributed by atoms with Gasteiger partial charge in [-0.3, -0.25) is 0 Å². The molecule has 0 aliphatic heterocycles. The fraction of sp³-hybridized carbons (Fsp3) is 0.840. The Hall–Kier alpha value is -0.560. The van der Waals surface area contributed by atoms with E-state index in [1.807, 2.05) is 0 Å². The van der Waals surface area contributed by atoms with Crippen molar-refractivity contribution in [1.82, 2.24) is 0 Å². The molecule has 0 heterocycles. The SMILES string of the molecule is CC(C)CCCC[C@H]1CC[C@@]2(CCC/C(=C\C=C3\CCC[C@H](O)C3)C2)C1. The third-order valence-corrected chi connectivity index (χ3v) is 7.34. The number of unbranched alkanes of at least 4 members (excludes halogenated alkanes) is 1.